The van der Waals surface area contributed by atoms with Crippen molar-refractivity contribution in [3.05, 3.63) is 101 Å². The minimum Gasteiger partial charge on any atom is -0.508 e. The van der Waals surface area contributed by atoms with E-state index in [-0.39, 0.29) is 11.3 Å². The normalized spacial score (nSPS) is 15.7. The van der Waals surface area contributed by atoms with E-state index >= 15 is 0 Å². The highest BCUT2D eigenvalue weighted by atomic mass is 16.3. The average Bonchev–Trinajstić information content (AvgIpc) is 2.86. The molecular formula is C28H30N2O3. The number of likely N-dealkylation sites (tertiary alicyclic amines) is 1. The zero-order chi connectivity index (χ0) is 23.3. The van der Waals surface area contributed by atoms with Crippen molar-refractivity contribution in [2.24, 2.45) is 0 Å². The molecule has 0 unspecified atom stereocenters. The van der Waals surface area contributed by atoms with E-state index in [2.05, 4.69) is 47.6 Å². The molecule has 170 valence electrons. The van der Waals surface area contributed by atoms with E-state index in [0.717, 1.165) is 43.3 Å². The largest absolute Gasteiger partial charge is 0.508 e. The van der Waals surface area contributed by atoms with Crippen LogP contribution in [0.5, 0.6) is 5.75 Å². The lowest BCUT2D eigenvalue weighted by atomic mass is 9.67. The van der Waals surface area contributed by atoms with E-state index in [0.29, 0.717) is 29.8 Å². The Kier molecular flexibility index (Phi) is 6.90. The molecule has 5 nitrogen and oxygen atoms in total. The fourth-order valence-corrected chi connectivity index (χ4v) is 4.73. The molecule has 0 aromatic heterocycles. The van der Waals surface area contributed by atoms with Gasteiger partial charge in [-0.1, -0.05) is 54.6 Å². The summed E-state index contributed by atoms with van der Waals surface area (Å²) >= 11 is 0. The summed E-state index contributed by atoms with van der Waals surface area (Å²) in [5.41, 5.74) is 4.13. The molecule has 1 fully saturated rings. The van der Waals surface area contributed by atoms with Gasteiger partial charge in [-0.3, -0.25) is 9.59 Å². The highest BCUT2D eigenvalue weighted by Crippen LogP contribution is 2.45. The lowest BCUT2D eigenvalue weighted by Gasteiger charge is -2.42. The van der Waals surface area contributed by atoms with Gasteiger partial charge in [0.1, 0.15) is 12.0 Å². The summed E-state index contributed by atoms with van der Waals surface area (Å²) in [6.45, 7) is 2.43. The molecule has 0 atom stereocenters. The minimum atomic E-state index is -0.225. The van der Waals surface area contributed by atoms with Crippen LogP contribution in [0.3, 0.4) is 0 Å². The van der Waals surface area contributed by atoms with Crippen molar-refractivity contribution in [3.8, 4) is 5.75 Å². The average molecular weight is 443 g/mol. The second-order valence-electron chi connectivity index (χ2n) is 8.85. The minimum absolute atomic E-state index is 0.164. The molecule has 0 aliphatic carbocycles. The fourth-order valence-electron chi connectivity index (χ4n) is 4.73. The third kappa shape index (κ3) is 4.99. The van der Waals surface area contributed by atoms with E-state index in [4.69, 9.17) is 0 Å². The Balaban J connectivity index is 1.51. The number of phenolic OH excluding ortho intramolecular Hbond substituents is 1. The lowest BCUT2D eigenvalue weighted by Crippen LogP contribution is -2.41. The van der Waals surface area contributed by atoms with Crippen molar-refractivity contribution >= 4 is 12.2 Å². The quantitative estimate of drug-likeness (QED) is 0.539. The van der Waals surface area contributed by atoms with Gasteiger partial charge in [-0.05, 0) is 68.7 Å². The number of aromatic hydroxyl groups is 1. The van der Waals surface area contributed by atoms with Gasteiger partial charge in [0, 0.05) is 28.7 Å². The molecule has 0 bridgehead atoms. The van der Waals surface area contributed by atoms with Gasteiger partial charge in [0.25, 0.3) is 5.91 Å². The predicted molar refractivity (Wildman–Crippen MR) is 130 cm³/mol. The molecule has 1 saturated heterocycles. The summed E-state index contributed by atoms with van der Waals surface area (Å²) in [5.74, 6) is 0.161. The number of nitrogens with zero attached hydrogens (tertiary/aromatic N) is 1. The maximum Gasteiger partial charge on any atom is 0.251 e. The topological polar surface area (TPSA) is 69.6 Å². The highest BCUT2D eigenvalue weighted by Gasteiger charge is 2.39. The van der Waals surface area contributed by atoms with Gasteiger partial charge in [-0.2, -0.15) is 0 Å². The van der Waals surface area contributed by atoms with Crippen LogP contribution >= 0.6 is 0 Å². The molecule has 1 heterocycles. The number of carbonyl (C=O) groups is 2. The van der Waals surface area contributed by atoms with Crippen molar-refractivity contribution in [2.75, 3.05) is 26.7 Å². The van der Waals surface area contributed by atoms with E-state index in [1.165, 1.54) is 5.56 Å². The van der Waals surface area contributed by atoms with Gasteiger partial charge in [0.2, 0.25) is 0 Å². The Morgan fingerprint density at radius 3 is 2.39 bits per heavy atom. The molecule has 1 aliphatic rings. The monoisotopic (exact) mass is 442 g/mol. The smallest absolute Gasteiger partial charge is 0.251 e. The number of nitrogens with one attached hydrogen (secondary N) is 1. The molecule has 0 saturated carbocycles. The Hall–Kier alpha value is -3.44. The van der Waals surface area contributed by atoms with Gasteiger partial charge in [0.15, 0.2) is 0 Å². The number of phenols is 1. The molecular weight excluding hydrogens is 412 g/mol. The Labute approximate surface area is 195 Å². The van der Waals surface area contributed by atoms with E-state index < -0.39 is 0 Å². The summed E-state index contributed by atoms with van der Waals surface area (Å²) in [6.07, 6.45) is 3.31. The summed E-state index contributed by atoms with van der Waals surface area (Å²) in [4.78, 5) is 25.5. The lowest BCUT2D eigenvalue weighted by molar-refractivity contribution is 0.0953. The van der Waals surface area contributed by atoms with Crippen molar-refractivity contribution in [1.29, 1.82) is 0 Å². The van der Waals surface area contributed by atoms with Crippen LogP contribution in [0.25, 0.3) is 0 Å². The first-order chi connectivity index (χ1) is 16.0. The molecule has 2 N–H and O–H groups in total. The van der Waals surface area contributed by atoms with Gasteiger partial charge >= 0.3 is 0 Å². The first-order valence-electron chi connectivity index (χ1n) is 11.4. The summed E-state index contributed by atoms with van der Waals surface area (Å²) in [5, 5.41) is 13.8. The Bertz CT molecular complexity index is 1100. The first-order valence-corrected chi connectivity index (χ1v) is 11.4. The molecule has 0 radical (unpaired) electrons. The van der Waals surface area contributed by atoms with Crippen LogP contribution in [0.4, 0.5) is 0 Å². The maximum atomic E-state index is 12.4. The number of amides is 1. The predicted octanol–water partition coefficient (Wildman–Crippen LogP) is 4.19. The molecule has 1 aliphatic heterocycles. The van der Waals surface area contributed by atoms with Crippen molar-refractivity contribution in [2.45, 2.75) is 24.7 Å². The number of benzene rings is 3. The van der Waals surface area contributed by atoms with Crippen molar-refractivity contribution in [1.82, 2.24) is 10.2 Å². The molecule has 0 spiro atoms. The third-order valence-electron chi connectivity index (χ3n) is 6.75. The molecule has 4 rings (SSSR count). The van der Waals surface area contributed by atoms with Crippen LogP contribution in [0.15, 0.2) is 72.8 Å². The summed E-state index contributed by atoms with van der Waals surface area (Å²) in [7, 11) is 2.14. The number of hydrogen-bond acceptors (Lipinski definition) is 4. The summed E-state index contributed by atoms with van der Waals surface area (Å²) < 4.78 is 0. The summed E-state index contributed by atoms with van der Waals surface area (Å²) in [6, 6.07) is 22.9. The third-order valence-corrected chi connectivity index (χ3v) is 6.75. The second kappa shape index (κ2) is 10.0. The van der Waals surface area contributed by atoms with Crippen LogP contribution in [0.1, 0.15) is 50.2 Å². The van der Waals surface area contributed by atoms with Crippen LogP contribution < -0.4 is 5.32 Å². The SMILES string of the molecule is CN1CCC(c2ccccc2)(c2cc(CCNC(=O)c3ccc(C=O)cc3)ccc2O)CC1. The standard InChI is InChI=1S/C28H30N2O3/c1-30-17-14-28(15-18-30,24-5-3-2-4-6-24)25-19-21(9-12-26(25)32)13-16-29-27(33)23-10-7-22(20-31)8-11-23/h2-12,19-20,32H,13-18H2,1H3,(H,29,33). The van der Waals surface area contributed by atoms with Crippen LogP contribution in [-0.2, 0) is 11.8 Å². The highest BCUT2D eigenvalue weighted by molar-refractivity contribution is 5.94. The number of rotatable bonds is 7. The number of carbonyl (C=O) groups excluding carboxylic acids is 2. The number of hydrogen-bond donors (Lipinski definition) is 2. The second-order valence-corrected chi connectivity index (χ2v) is 8.85. The van der Waals surface area contributed by atoms with Gasteiger partial charge in [-0.15, -0.1) is 0 Å². The van der Waals surface area contributed by atoms with Crippen LogP contribution in [-0.4, -0.2) is 48.9 Å². The van der Waals surface area contributed by atoms with E-state index in [1.807, 2.05) is 12.1 Å². The van der Waals surface area contributed by atoms with Crippen LogP contribution in [0.2, 0.25) is 0 Å². The molecule has 5 heteroatoms. The number of aldehydes is 1. The van der Waals surface area contributed by atoms with E-state index in [9.17, 15) is 14.7 Å². The Morgan fingerprint density at radius 1 is 1.03 bits per heavy atom. The van der Waals surface area contributed by atoms with Gasteiger partial charge < -0.3 is 15.3 Å². The molecule has 3 aromatic rings. The molecule has 3 aromatic carbocycles. The zero-order valence-corrected chi connectivity index (χ0v) is 19.0. The van der Waals surface area contributed by atoms with Gasteiger partial charge in [-0.25, -0.2) is 0 Å². The Morgan fingerprint density at radius 2 is 1.73 bits per heavy atom. The molecule has 33 heavy (non-hydrogen) atoms. The maximum absolute atomic E-state index is 12.4. The molecule has 1 amide bonds. The van der Waals surface area contributed by atoms with Gasteiger partial charge in [0.05, 0.1) is 0 Å². The van der Waals surface area contributed by atoms with Crippen molar-refractivity contribution < 1.29 is 14.7 Å². The van der Waals surface area contributed by atoms with E-state index in [1.54, 1.807) is 30.3 Å². The van der Waals surface area contributed by atoms with Crippen LogP contribution in [0, 0.1) is 0 Å². The zero-order valence-electron chi connectivity index (χ0n) is 19.0. The first kappa shape index (κ1) is 22.7. The number of piperidine rings is 1. The van der Waals surface area contributed by atoms with Crippen molar-refractivity contribution in [3.63, 3.8) is 0 Å². The fraction of sp³-hybridized carbons (Fsp3) is 0.286.